The minimum absolute atomic E-state index is 0.0146. The zero-order valence-corrected chi connectivity index (χ0v) is 20.8. The summed E-state index contributed by atoms with van der Waals surface area (Å²) in [4.78, 5) is 24.5. The molecular formula is C22H28N6O4S2. The summed E-state index contributed by atoms with van der Waals surface area (Å²) in [6.07, 6.45) is 5.64. The highest BCUT2D eigenvalue weighted by Gasteiger charge is 2.34. The maximum absolute atomic E-state index is 13.4. The van der Waals surface area contributed by atoms with Gasteiger partial charge in [-0.25, -0.2) is 18.4 Å². The van der Waals surface area contributed by atoms with Crippen LogP contribution in [-0.2, 0) is 14.8 Å². The zero-order chi connectivity index (χ0) is 23.9. The minimum Gasteiger partial charge on any atom is -0.378 e. The number of anilines is 1. The van der Waals surface area contributed by atoms with E-state index in [0.29, 0.717) is 42.8 Å². The predicted molar refractivity (Wildman–Crippen MR) is 131 cm³/mol. The van der Waals surface area contributed by atoms with Gasteiger partial charge in [0, 0.05) is 51.1 Å². The van der Waals surface area contributed by atoms with Crippen LogP contribution in [0.5, 0.6) is 0 Å². The van der Waals surface area contributed by atoms with Crippen molar-refractivity contribution in [2.45, 2.75) is 36.3 Å². The minimum atomic E-state index is -3.93. The number of rotatable bonds is 6. The molecule has 0 unspecified atom stereocenters. The fourth-order valence-corrected chi connectivity index (χ4v) is 6.95. The van der Waals surface area contributed by atoms with Crippen molar-refractivity contribution < 1.29 is 13.2 Å². The lowest BCUT2D eigenvalue weighted by Gasteiger charge is -2.26. The van der Waals surface area contributed by atoms with Crippen LogP contribution in [0.2, 0.25) is 0 Å². The maximum Gasteiger partial charge on any atom is 0.248 e. The van der Waals surface area contributed by atoms with Crippen molar-refractivity contribution in [3.05, 3.63) is 40.1 Å². The molecule has 0 bridgehead atoms. The van der Waals surface area contributed by atoms with E-state index in [0.717, 1.165) is 19.3 Å². The van der Waals surface area contributed by atoms with Crippen LogP contribution in [0.3, 0.4) is 0 Å². The molecule has 182 valence electrons. The average Bonchev–Trinajstić information content (AvgIpc) is 3.54. The highest BCUT2D eigenvalue weighted by molar-refractivity contribution is 7.89. The van der Waals surface area contributed by atoms with Gasteiger partial charge in [-0.3, -0.25) is 9.36 Å². The van der Waals surface area contributed by atoms with Crippen LogP contribution in [-0.4, -0.2) is 79.7 Å². The first-order valence-corrected chi connectivity index (χ1v) is 13.7. The molecule has 2 atom stereocenters. The van der Waals surface area contributed by atoms with Crippen LogP contribution in [0.4, 0.5) is 5.82 Å². The molecule has 3 aromatic rings. The van der Waals surface area contributed by atoms with Gasteiger partial charge in [0.05, 0.1) is 17.5 Å². The van der Waals surface area contributed by atoms with Gasteiger partial charge in [0.1, 0.15) is 10.7 Å². The Hall–Kier alpha value is -2.38. The Kier molecular flexibility index (Phi) is 6.42. The van der Waals surface area contributed by atoms with Crippen LogP contribution >= 0.6 is 11.3 Å². The van der Waals surface area contributed by atoms with E-state index in [-0.39, 0.29) is 22.4 Å². The summed E-state index contributed by atoms with van der Waals surface area (Å²) in [5.41, 5.74) is -0.145. The van der Waals surface area contributed by atoms with E-state index in [9.17, 15) is 13.2 Å². The zero-order valence-electron chi connectivity index (χ0n) is 19.2. The third kappa shape index (κ3) is 4.03. The molecule has 2 saturated heterocycles. The number of pyridine rings is 2. The van der Waals surface area contributed by atoms with Crippen molar-refractivity contribution in [1.82, 2.24) is 24.2 Å². The quantitative estimate of drug-likeness (QED) is 0.537. The molecule has 0 spiro atoms. The summed E-state index contributed by atoms with van der Waals surface area (Å²) < 4.78 is 35.5. The van der Waals surface area contributed by atoms with Crippen LogP contribution in [0, 0.1) is 0 Å². The lowest BCUT2D eigenvalue weighted by atomic mass is 10.2. The number of sulfonamides is 1. The Balaban J connectivity index is 1.65. The normalized spacial score (nSPS) is 22.0. The van der Waals surface area contributed by atoms with E-state index in [1.807, 2.05) is 12.4 Å². The first kappa shape index (κ1) is 23.4. The summed E-state index contributed by atoms with van der Waals surface area (Å²) in [6.45, 7) is 2.22. The molecule has 34 heavy (non-hydrogen) atoms. The molecule has 3 aromatic heterocycles. The van der Waals surface area contributed by atoms with Crippen molar-refractivity contribution >= 4 is 38.2 Å². The van der Waals surface area contributed by atoms with Crippen molar-refractivity contribution in [2.24, 2.45) is 0 Å². The van der Waals surface area contributed by atoms with Crippen molar-refractivity contribution in [3.8, 4) is 5.13 Å². The Morgan fingerprint density at radius 2 is 1.97 bits per heavy atom. The molecule has 0 saturated carbocycles. The van der Waals surface area contributed by atoms with Crippen LogP contribution in [0.15, 0.2) is 39.6 Å². The molecule has 0 aliphatic carbocycles. The number of methoxy groups -OCH3 is 1. The summed E-state index contributed by atoms with van der Waals surface area (Å²) >= 11 is 1.36. The first-order chi connectivity index (χ1) is 16.4. The number of likely N-dealkylation sites (N-methyl/N-ethyl adjacent to an activating group) is 1. The number of piperidine rings is 1. The summed E-state index contributed by atoms with van der Waals surface area (Å²) in [5, 5.41) is 5.88. The average molecular weight is 505 g/mol. The van der Waals surface area contributed by atoms with E-state index in [1.54, 1.807) is 30.0 Å². The summed E-state index contributed by atoms with van der Waals surface area (Å²) in [6, 6.07) is 3.60. The molecule has 0 radical (unpaired) electrons. The number of ether oxygens (including phenoxy) is 1. The Morgan fingerprint density at radius 1 is 1.18 bits per heavy atom. The molecule has 2 aliphatic rings. The van der Waals surface area contributed by atoms with Crippen LogP contribution in [0.1, 0.15) is 19.3 Å². The third-order valence-electron chi connectivity index (χ3n) is 6.63. The summed E-state index contributed by atoms with van der Waals surface area (Å²) in [5.74, 6) is 0.698. The van der Waals surface area contributed by atoms with Crippen molar-refractivity contribution in [2.75, 3.05) is 45.2 Å². The Labute approximate surface area is 202 Å². The van der Waals surface area contributed by atoms with Gasteiger partial charge < -0.3 is 15.0 Å². The molecule has 12 heteroatoms. The fourth-order valence-electron chi connectivity index (χ4n) is 4.73. The monoisotopic (exact) mass is 504 g/mol. The smallest absolute Gasteiger partial charge is 0.248 e. The fraction of sp³-hybridized carbons (Fsp3) is 0.500. The van der Waals surface area contributed by atoms with Gasteiger partial charge in [-0.15, -0.1) is 11.3 Å². The van der Waals surface area contributed by atoms with Crippen molar-refractivity contribution in [1.29, 1.82) is 0 Å². The summed E-state index contributed by atoms with van der Waals surface area (Å²) in [7, 11) is -0.339. The van der Waals surface area contributed by atoms with Gasteiger partial charge in [0.2, 0.25) is 15.5 Å². The van der Waals surface area contributed by atoms with Gasteiger partial charge in [-0.05, 0) is 32.0 Å². The van der Waals surface area contributed by atoms with E-state index in [1.165, 1.54) is 21.8 Å². The number of hydrogen-bond donors (Lipinski definition) is 1. The number of aromatic nitrogens is 3. The van der Waals surface area contributed by atoms with Gasteiger partial charge in [-0.1, -0.05) is 6.42 Å². The number of thiazole rings is 1. The van der Waals surface area contributed by atoms with Gasteiger partial charge >= 0.3 is 0 Å². The Bertz CT molecular complexity index is 1320. The van der Waals surface area contributed by atoms with Crippen molar-refractivity contribution in [3.63, 3.8) is 0 Å². The molecule has 5 heterocycles. The second-order valence-corrected chi connectivity index (χ2v) is 11.4. The molecular weight excluding hydrogens is 476 g/mol. The highest BCUT2D eigenvalue weighted by Crippen LogP contribution is 2.27. The van der Waals surface area contributed by atoms with E-state index in [2.05, 4.69) is 15.2 Å². The van der Waals surface area contributed by atoms with E-state index < -0.39 is 15.5 Å². The van der Waals surface area contributed by atoms with Gasteiger partial charge in [0.15, 0.2) is 10.8 Å². The number of hydrogen-bond acceptors (Lipinski definition) is 9. The third-order valence-corrected chi connectivity index (χ3v) is 9.29. The lowest BCUT2D eigenvalue weighted by Crippen LogP contribution is -2.38. The van der Waals surface area contributed by atoms with Gasteiger partial charge in [0.25, 0.3) is 0 Å². The highest BCUT2D eigenvalue weighted by atomic mass is 32.2. The number of nitrogens with zero attached hydrogens (tertiary/aromatic N) is 5. The molecule has 10 nitrogen and oxygen atoms in total. The van der Waals surface area contributed by atoms with E-state index >= 15 is 0 Å². The van der Waals surface area contributed by atoms with Crippen LogP contribution in [0.25, 0.3) is 16.2 Å². The standard InChI is InChI=1S/C22H28N6O4S2/c1-23-16-12-26(13-17(16)32-2)19-7-6-15-20(29)18(34(30,31)27-9-4-3-5-10-27)14-28(21(15)25-19)22-24-8-11-33-22/h6-8,11,14,16-17,23H,3-5,9-10,12-13H2,1-2H3/t16-,17-/m0/s1. The second-order valence-electron chi connectivity index (χ2n) is 8.59. The van der Waals surface area contributed by atoms with Gasteiger partial charge in [-0.2, -0.15) is 4.31 Å². The maximum atomic E-state index is 13.4. The number of nitrogens with one attached hydrogen (secondary N) is 1. The Morgan fingerprint density at radius 3 is 2.62 bits per heavy atom. The predicted octanol–water partition coefficient (Wildman–Crippen LogP) is 1.44. The largest absolute Gasteiger partial charge is 0.378 e. The molecule has 1 N–H and O–H groups in total. The van der Waals surface area contributed by atoms with E-state index in [4.69, 9.17) is 9.72 Å². The second kappa shape index (κ2) is 9.34. The molecule has 5 rings (SSSR count). The molecule has 0 aromatic carbocycles. The topological polar surface area (TPSA) is 110 Å². The lowest BCUT2D eigenvalue weighted by molar-refractivity contribution is 0.0996. The first-order valence-electron chi connectivity index (χ1n) is 11.4. The SMILES string of the molecule is CN[C@H]1CN(c2ccc3c(=O)c(S(=O)(=O)N4CCCCC4)cn(-c4nccs4)c3n2)C[C@@H]1OC. The molecule has 0 amide bonds. The molecule has 2 fully saturated rings. The number of fused-ring (bicyclic) bond motifs is 1. The van der Waals surface area contributed by atoms with Crippen LogP contribution < -0.4 is 15.6 Å². The molecule has 2 aliphatic heterocycles.